The van der Waals surface area contributed by atoms with Crippen LogP contribution in [-0.4, -0.2) is 30.4 Å². The van der Waals surface area contributed by atoms with E-state index in [2.05, 4.69) is 24.9 Å². The average molecular weight is 230 g/mol. The van der Waals surface area contributed by atoms with Crippen LogP contribution in [0, 0.1) is 5.92 Å². The summed E-state index contributed by atoms with van der Waals surface area (Å²) in [5, 5.41) is 0. The highest BCUT2D eigenvalue weighted by Gasteiger charge is 2.22. The Hall–Kier alpha value is -0.0100. The number of rotatable bonds is 5. The Balaban J connectivity index is 2.23. The summed E-state index contributed by atoms with van der Waals surface area (Å²) in [7, 11) is 2.23. The number of hydrogen-bond acceptors (Lipinski definition) is 1. The molecule has 2 heteroatoms. The van der Waals surface area contributed by atoms with Crippen LogP contribution in [0.5, 0.6) is 0 Å². The van der Waals surface area contributed by atoms with Gasteiger partial charge in [-0.1, -0.05) is 25.5 Å². The molecule has 0 aliphatic heterocycles. The molecule has 0 aromatic carbocycles. The van der Waals surface area contributed by atoms with Gasteiger partial charge in [0.1, 0.15) is 0 Å². The summed E-state index contributed by atoms with van der Waals surface area (Å²) in [6.45, 7) is 3.37. The van der Waals surface area contributed by atoms with Gasteiger partial charge in [0.25, 0.3) is 0 Å². The van der Waals surface area contributed by atoms with E-state index in [1.54, 1.807) is 0 Å². The fraction of sp³-hybridized carbons (Fsp3) is 0.846. The van der Waals surface area contributed by atoms with E-state index in [-0.39, 0.29) is 0 Å². The normalized spacial score (nSPS) is 27.7. The third-order valence-corrected chi connectivity index (χ3v) is 3.84. The van der Waals surface area contributed by atoms with Crippen LogP contribution < -0.4 is 0 Å². The third-order valence-electron chi connectivity index (χ3n) is 3.67. The van der Waals surface area contributed by atoms with Crippen LogP contribution in [0.4, 0.5) is 0 Å². The minimum absolute atomic E-state index is 0.635. The van der Waals surface area contributed by atoms with Crippen molar-refractivity contribution in [3.63, 3.8) is 0 Å². The lowest BCUT2D eigenvalue weighted by Crippen LogP contribution is -2.35. The minimum Gasteiger partial charge on any atom is -0.300 e. The van der Waals surface area contributed by atoms with Crippen LogP contribution in [-0.2, 0) is 0 Å². The van der Waals surface area contributed by atoms with Gasteiger partial charge in [-0.2, -0.15) is 0 Å². The van der Waals surface area contributed by atoms with Crippen LogP contribution in [0.1, 0.15) is 39.0 Å². The quantitative estimate of drug-likeness (QED) is 0.514. The first-order valence-electron chi connectivity index (χ1n) is 6.19. The van der Waals surface area contributed by atoms with E-state index >= 15 is 0 Å². The van der Waals surface area contributed by atoms with E-state index < -0.39 is 0 Å². The van der Waals surface area contributed by atoms with Crippen molar-refractivity contribution >= 4 is 11.6 Å². The Morgan fingerprint density at radius 3 is 2.40 bits per heavy atom. The molecule has 1 aliphatic rings. The number of allylic oxidation sites excluding steroid dienone is 1. The molecule has 0 radical (unpaired) electrons. The number of hydrogen-bond donors (Lipinski definition) is 0. The predicted molar refractivity (Wildman–Crippen MR) is 68.5 cm³/mol. The topological polar surface area (TPSA) is 3.24 Å². The summed E-state index contributed by atoms with van der Waals surface area (Å²) in [6.07, 6.45) is 11.2. The van der Waals surface area contributed by atoms with E-state index in [0.717, 1.165) is 18.5 Å². The Kier molecular flexibility index (Phi) is 6.35. The van der Waals surface area contributed by atoms with Crippen molar-refractivity contribution in [3.8, 4) is 0 Å². The number of halogens is 1. The van der Waals surface area contributed by atoms with Gasteiger partial charge in [-0.05, 0) is 38.6 Å². The van der Waals surface area contributed by atoms with E-state index in [4.69, 9.17) is 11.6 Å². The lowest BCUT2D eigenvalue weighted by atomic mass is 9.84. The second-order valence-electron chi connectivity index (χ2n) is 4.65. The molecule has 0 aromatic heterocycles. The summed E-state index contributed by atoms with van der Waals surface area (Å²) >= 11 is 5.60. The van der Waals surface area contributed by atoms with Gasteiger partial charge < -0.3 is 0 Å². The summed E-state index contributed by atoms with van der Waals surface area (Å²) in [6, 6.07) is 0.799. The zero-order valence-electron chi connectivity index (χ0n) is 10.1. The van der Waals surface area contributed by atoms with Gasteiger partial charge in [0.2, 0.25) is 0 Å². The second kappa shape index (κ2) is 7.29. The molecule has 0 aromatic rings. The smallest absolute Gasteiger partial charge is 0.0404 e. The van der Waals surface area contributed by atoms with Crippen molar-refractivity contribution in [3.05, 3.63) is 12.2 Å². The van der Waals surface area contributed by atoms with E-state index in [0.29, 0.717) is 5.88 Å². The van der Waals surface area contributed by atoms with E-state index in [9.17, 15) is 0 Å². The lowest BCUT2D eigenvalue weighted by molar-refractivity contribution is 0.176. The summed E-state index contributed by atoms with van der Waals surface area (Å²) in [5.74, 6) is 1.63. The Bertz CT molecular complexity index is 183. The molecule has 1 aliphatic carbocycles. The molecule has 0 amide bonds. The maximum Gasteiger partial charge on any atom is 0.0404 e. The molecule has 1 rings (SSSR count). The molecular weight excluding hydrogens is 206 g/mol. The van der Waals surface area contributed by atoms with Crippen LogP contribution in [0.15, 0.2) is 12.2 Å². The highest BCUT2D eigenvalue weighted by molar-refractivity contribution is 6.18. The molecule has 0 bridgehead atoms. The molecule has 88 valence electrons. The first kappa shape index (κ1) is 13.1. The van der Waals surface area contributed by atoms with Crippen LogP contribution in [0.25, 0.3) is 0 Å². The average Bonchev–Trinajstić information content (AvgIpc) is 2.29. The molecule has 0 atom stereocenters. The van der Waals surface area contributed by atoms with Crippen molar-refractivity contribution < 1.29 is 0 Å². The van der Waals surface area contributed by atoms with Crippen LogP contribution in [0.3, 0.4) is 0 Å². The van der Waals surface area contributed by atoms with Crippen molar-refractivity contribution in [1.29, 1.82) is 0 Å². The SMILES string of the molecule is CCC1CCC(N(C)CC=CCCl)CC1. The highest BCUT2D eigenvalue weighted by atomic mass is 35.5. The predicted octanol–water partition coefficient (Wildman–Crippen LogP) is 3.68. The van der Waals surface area contributed by atoms with E-state index in [1.807, 2.05) is 6.08 Å². The fourth-order valence-electron chi connectivity index (χ4n) is 2.45. The van der Waals surface area contributed by atoms with Crippen molar-refractivity contribution in [2.45, 2.75) is 45.1 Å². The molecular formula is C13H24ClN. The van der Waals surface area contributed by atoms with E-state index in [1.165, 1.54) is 32.1 Å². The number of likely N-dealkylation sites (N-methyl/N-ethyl adjacent to an activating group) is 1. The lowest BCUT2D eigenvalue weighted by Gasteiger charge is -2.33. The first-order chi connectivity index (χ1) is 7.27. The van der Waals surface area contributed by atoms with Crippen LogP contribution >= 0.6 is 11.6 Å². The van der Waals surface area contributed by atoms with Gasteiger partial charge in [0.05, 0.1) is 0 Å². The second-order valence-corrected chi connectivity index (χ2v) is 4.96. The maximum atomic E-state index is 5.60. The summed E-state index contributed by atoms with van der Waals surface area (Å²) in [4.78, 5) is 2.47. The minimum atomic E-state index is 0.635. The molecule has 0 N–H and O–H groups in total. The van der Waals surface area contributed by atoms with Gasteiger partial charge in [0, 0.05) is 18.5 Å². The first-order valence-corrected chi connectivity index (χ1v) is 6.72. The van der Waals surface area contributed by atoms with Gasteiger partial charge >= 0.3 is 0 Å². The zero-order chi connectivity index (χ0) is 11.1. The Morgan fingerprint density at radius 2 is 1.87 bits per heavy atom. The van der Waals surface area contributed by atoms with Gasteiger partial charge in [-0.15, -0.1) is 11.6 Å². The monoisotopic (exact) mass is 229 g/mol. The van der Waals surface area contributed by atoms with Crippen molar-refractivity contribution in [1.82, 2.24) is 4.90 Å². The Morgan fingerprint density at radius 1 is 1.20 bits per heavy atom. The van der Waals surface area contributed by atoms with Gasteiger partial charge in [-0.25, -0.2) is 0 Å². The van der Waals surface area contributed by atoms with Gasteiger partial charge in [0.15, 0.2) is 0 Å². The summed E-state index contributed by atoms with van der Waals surface area (Å²) in [5.41, 5.74) is 0. The molecule has 0 unspecified atom stereocenters. The molecule has 1 nitrogen and oxygen atoms in total. The Labute approximate surface area is 99.5 Å². The molecule has 1 fully saturated rings. The molecule has 0 heterocycles. The molecule has 1 saturated carbocycles. The fourth-order valence-corrected chi connectivity index (χ4v) is 2.57. The number of nitrogens with zero attached hydrogens (tertiary/aromatic N) is 1. The summed E-state index contributed by atoms with van der Waals surface area (Å²) < 4.78 is 0. The molecule has 15 heavy (non-hydrogen) atoms. The number of alkyl halides is 1. The van der Waals surface area contributed by atoms with Gasteiger partial charge in [-0.3, -0.25) is 4.90 Å². The molecule has 0 saturated heterocycles. The zero-order valence-corrected chi connectivity index (χ0v) is 10.8. The van der Waals surface area contributed by atoms with Crippen molar-refractivity contribution in [2.24, 2.45) is 5.92 Å². The molecule has 0 spiro atoms. The van der Waals surface area contributed by atoms with Crippen molar-refractivity contribution in [2.75, 3.05) is 19.5 Å². The highest BCUT2D eigenvalue weighted by Crippen LogP contribution is 2.28. The van der Waals surface area contributed by atoms with Crippen LogP contribution in [0.2, 0.25) is 0 Å². The maximum absolute atomic E-state index is 5.60. The third kappa shape index (κ3) is 4.56. The largest absolute Gasteiger partial charge is 0.300 e. The standard InChI is InChI=1S/C13H24ClN/c1-3-12-6-8-13(9-7-12)15(2)11-5-4-10-14/h4-5,12-13H,3,6-11H2,1-2H3.